The van der Waals surface area contributed by atoms with E-state index in [4.69, 9.17) is 24.1 Å². The van der Waals surface area contributed by atoms with E-state index in [1.807, 2.05) is 0 Å². The number of aromatic carboxylic acids is 6. The second kappa shape index (κ2) is 21.6. The van der Waals surface area contributed by atoms with E-state index in [2.05, 4.69) is 0 Å². The Morgan fingerprint density at radius 1 is 0.323 bits per heavy atom. The molecule has 0 atom stereocenters. The van der Waals surface area contributed by atoms with Crippen LogP contribution < -0.4 is 56.5 Å². The van der Waals surface area contributed by atoms with Crippen molar-refractivity contribution >= 4 is 59.7 Å². The standard InChI is InChI=1S/C33H20O16.C8H6O4.K/c34-25(35)17-9-1-5-13-21(17)29(42)46-33(47-30(43)22-14-6-2-10-18(22)26(36)37,48-31(44)23-15-7-3-11-19(23)27(38)39)49-32(45)24-16-8-4-12-20(24)28(40)41;9-7(10)5-3-1-2-4-6(5)8(11)12;/h1-16H,(H,34,35)(H,36,37)(H,38,39)(H,40,41);1-4H,(H,9,10)(H,11,12);/q;;+1/p-1. The quantitative estimate of drug-likeness (QED) is 0.0578. The van der Waals surface area contributed by atoms with Crippen LogP contribution in [0.15, 0.2) is 121 Å². The van der Waals surface area contributed by atoms with Gasteiger partial charge < -0.3 is 54.4 Å². The Morgan fingerprint density at radius 2 is 0.484 bits per heavy atom. The van der Waals surface area contributed by atoms with Crippen LogP contribution in [0, 0.1) is 0 Å². The van der Waals surface area contributed by atoms with Crippen LogP contribution in [0.3, 0.4) is 0 Å². The Morgan fingerprint density at radius 3 is 0.645 bits per heavy atom. The smallest absolute Gasteiger partial charge is 0.545 e. The second-order valence-electron chi connectivity index (χ2n) is 11.6. The summed E-state index contributed by atoms with van der Waals surface area (Å²) in [7, 11) is 0. The molecule has 0 aliphatic heterocycles. The van der Waals surface area contributed by atoms with Crippen LogP contribution in [0.2, 0.25) is 0 Å². The second-order valence-corrected chi connectivity index (χ2v) is 11.6. The molecule has 21 heteroatoms. The van der Waals surface area contributed by atoms with Gasteiger partial charge in [0, 0.05) is 5.56 Å². The van der Waals surface area contributed by atoms with Gasteiger partial charge in [-0.3, -0.25) is 0 Å². The van der Waals surface area contributed by atoms with Gasteiger partial charge in [-0.25, -0.2) is 43.2 Å². The molecule has 0 amide bonds. The van der Waals surface area contributed by atoms with Crippen molar-refractivity contribution in [2.24, 2.45) is 0 Å². The molecule has 5 N–H and O–H groups in total. The van der Waals surface area contributed by atoms with E-state index in [0.717, 1.165) is 48.5 Å². The number of carbonyl (C=O) groups excluding carboxylic acids is 5. The van der Waals surface area contributed by atoms with E-state index in [1.165, 1.54) is 72.8 Å². The van der Waals surface area contributed by atoms with E-state index in [-0.39, 0.29) is 62.5 Å². The van der Waals surface area contributed by atoms with Gasteiger partial charge >= 0.3 is 111 Å². The Balaban J connectivity index is 0.000000678. The minimum atomic E-state index is -4.04. The van der Waals surface area contributed by atoms with Gasteiger partial charge in [-0.05, 0) is 54.6 Å². The van der Waals surface area contributed by atoms with Gasteiger partial charge in [0.2, 0.25) is 0 Å². The zero-order valence-corrected chi connectivity index (χ0v) is 34.5. The van der Waals surface area contributed by atoms with Crippen LogP contribution in [-0.2, 0) is 18.9 Å². The van der Waals surface area contributed by atoms with Crippen molar-refractivity contribution < 1.29 is 149 Å². The van der Waals surface area contributed by atoms with E-state index in [0.29, 0.717) is 0 Å². The zero-order chi connectivity index (χ0) is 45.0. The fraction of sp³-hybridized carbons (Fsp3) is 0.0244. The van der Waals surface area contributed by atoms with E-state index in [9.17, 15) is 73.5 Å². The number of esters is 4. The molecule has 0 radical (unpaired) electrons. The minimum Gasteiger partial charge on any atom is -0.545 e. The van der Waals surface area contributed by atoms with Crippen LogP contribution in [0.25, 0.3) is 0 Å². The molecule has 0 unspecified atom stereocenters. The molecule has 0 heterocycles. The van der Waals surface area contributed by atoms with Gasteiger partial charge in [0.15, 0.2) is 0 Å². The zero-order valence-electron chi connectivity index (χ0n) is 31.4. The third-order valence-corrected chi connectivity index (χ3v) is 7.76. The molecule has 0 fully saturated rings. The van der Waals surface area contributed by atoms with Crippen molar-refractivity contribution in [2.75, 3.05) is 0 Å². The predicted molar refractivity (Wildman–Crippen MR) is 196 cm³/mol. The van der Waals surface area contributed by atoms with Gasteiger partial charge in [0.1, 0.15) is 0 Å². The Hall–Kier alpha value is -7.56. The van der Waals surface area contributed by atoms with Crippen LogP contribution in [0.4, 0.5) is 0 Å². The topological polar surface area (TPSA) is 332 Å². The average Bonchev–Trinajstić information content (AvgIpc) is 3.23. The molecule has 20 nitrogen and oxygen atoms in total. The SMILES string of the molecule is O=C(O)c1ccccc1C(=O)OC(OC(=O)c1ccccc1C(=O)O)(OC(=O)c1ccccc1C(=O)O)OC(=O)c1ccccc1C(=O)O.O=C([O-])c1ccccc1C(=O)O.[K+]. The molecule has 0 aromatic heterocycles. The van der Waals surface area contributed by atoms with Crippen molar-refractivity contribution in [3.05, 3.63) is 177 Å². The summed E-state index contributed by atoms with van der Waals surface area (Å²) in [6.07, 6.45) is -4.04. The van der Waals surface area contributed by atoms with Crippen molar-refractivity contribution in [1.29, 1.82) is 0 Å². The molecule has 0 aliphatic carbocycles. The maximum absolute atomic E-state index is 13.5. The third-order valence-electron chi connectivity index (χ3n) is 7.76. The Kier molecular flexibility index (Phi) is 17.0. The number of rotatable bonds is 14. The van der Waals surface area contributed by atoms with Crippen LogP contribution >= 0.6 is 0 Å². The molecule has 310 valence electrons. The summed E-state index contributed by atoms with van der Waals surface area (Å²) in [4.78, 5) is 122. The van der Waals surface area contributed by atoms with Gasteiger partial charge in [0.05, 0.1) is 56.0 Å². The molecule has 5 aromatic carbocycles. The van der Waals surface area contributed by atoms with E-state index >= 15 is 0 Å². The first-order valence-electron chi connectivity index (χ1n) is 16.6. The number of ether oxygens (including phenoxy) is 4. The Bertz CT molecular complexity index is 2290. The minimum absolute atomic E-state index is 0. The molecule has 0 spiro atoms. The largest absolute Gasteiger partial charge is 1.00 e. The van der Waals surface area contributed by atoms with Crippen LogP contribution in [-0.4, -0.2) is 91.4 Å². The first-order valence-corrected chi connectivity index (χ1v) is 16.6. The number of carboxylic acid groups (broad SMARTS) is 6. The summed E-state index contributed by atoms with van der Waals surface area (Å²) >= 11 is 0. The summed E-state index contributed by atoms with van der Waals surface area (Å²) in [6, 6.07) is 22.4. The summed E-state index contributed by atoms with van der Waals surface area (Å²) in [5, 5.41) is 57.3. The number of carbonyl (C=O) groups is 10. The summed E-state index contributed by atoms with van der Waals surface area (Å²) in [5.74, 6) is -16.5. The number of benzene rings is 5. The van der Waals surface area contributed by atoms with E-state index < -0.39 is 110 Å². The number of hydrogen-bond donors (Lipinski definition) is 5. The predicted octanol–water partition coefficient (Wildman–Crippen LogP) is 0.571. The maximum Gasteiger partial charge on any atom is 1.00 e. The van der Waals surface area contributed by atoms with Crippen molar-refractivity contribution in [3.63, 3.8) is 0 Å². The molecule has 0 saturated carbocycles. The third kappa shape index (κ3) is 12.0. The van der Waals surface area contributed by atoms with E-state index in [1.54, 1.807) is 0 Å². The van der Waals surface area contributed by atoms with Crippen molar-refractivity contribution in [1.82, 2.24) is 0 Å². The fourth-order valence-corrected chi connectivity index (χ4v) is 5.04. The molecule has 62 heavy (non-hydrogen) atoms. The molecule has 5 rings (SSSR count). The molecule has 0 aliphatic rings. The van der Waals surface area contributed by atoms with Gasteiger partial charge in [-0.15, -0.1) is 0 Å². The van der Waals surface area contributed by atoms with Gasteiger partial charge in [0.25, 0.3) is 0 Å². The Labute approximate surface area is 388 Å². The molecular formula is C41H25KO20. The first kappa shape index (κ1) is 48.8. The monoisotopic (exact) mass is 876 g/mol. The average molecular weight is 877 g/mol. The van der Waals surface area contributed by atoms with Crippen molar-refractivity contribution in [2.45, 2.75) is 6.16 Å². The first-order chi connectivity index (χ1) is 28.9. The molecule has 0 saturated heterocycles. The number of hydrogen-bond acceptors (Lipinski definition) is 15. The molecule has 5 aromatic rings. The summed E-state index contributed by atoms with van der Waals surface area (Å²) in [6.45, 7) is 0. The van der Waals surface area contributed by atoms with Crippen molar-refractivity contribution in [3.8, 4) is 0 Å². The van der Waals surface area contributed by atoms with Crippen LogP contribution in [0.1, 0.15) is 104 Å². The summed E-state index contributed by atoms with van der Waals surface area (Å²) in [5.41, 5.74) is -6.44. The number of carboxylic acids is 6. The molecule has 0 bridgehead atoms. The van der Waals surface area contributed by atoms with Gasteiger partial charge in [-0.2, -0.15) is 0 Å². The van der Waals surface area contributed by atoms with Crippen LogP contribution in [0.5, 0.6) is 0 Å². The summed E-state index contributed by atoms with van der Waals surface area (Å²) < 4.78 is 20.5. The molecular weight excluding hydrogens is 852 g/mol. The maximum atomic E-state index is 13.5. The fourth-order valence-electron chi connectivity index (χ4n) is 5.04. The van der Waals surface area contributed by atoms with Gasteiger partial charge in [-0.1, -0.05) is 66.7 Å². The normalized spacial score (nSPS) is 10.2.